The van der Waals surface area contributed by atoms with Gasteiger partial charge in [0.25, 0.3) is 0 Å². The molecule has 0 heterocycles. The fraction of sp³-hybridized carbons (Fsp3) is 0.364. The quantitative estimate of drug-likeness (QED) is 0.852. The predicted octanol–water partition coefficient (Wildman–Crippen LogP) is 3.58. The summed E-state index contributed by atoms with van der Waals surface area (Å²) in [6.45, 7) is 1.97. The average Bonchev–Trinajstić information content (AvgIpc) is 2.23. The van der Waals surface area contributed by atoms with Crippen LogP contribution in [-0.4, -0.2) is 6.04 Å². The van der Waals surface area contributed by atoms with E-state index in [1.165, 1.54) is 12.1 Å². The molecule has 2 nitrogen and oxygen atoms in total. The minimum atomic E-state index is -0.450. The number of nitrogens with zero attached hydrogens (tertiary/aromatic N) is 1. The van der Waals surface area contributed by atoms with Crippen LogP contribution in [0.3, 0.4) is 0 Å². The highest BCUT2D eigenvalue weighted by Gasteiger charge is 2.06. The van der Waals surface area contributed by atoms with Crippen LogP contribution in [-0.2, 0) is 0 Å². The van der Waals surface area contributed by atoms with E-state index >= 15 is 0 Å². The first-order valence-electron chi connectivity index (χ1n) is 4.76. The third kappa shape index (κ3) is 3.41. The minimum absolute atomic E-state index is 0.0515. The van der Waals surface area contributed by atoms with Gasteiger partial charge in [0.05, 0.1) is 17.5 Å². The Hall–Kier alpha value is -1.27. The molecule has 1 unspecified atom stereocenters. The van der Waals surface area contributed by atoms with Crippen molar-refractivity contribution in [3.63, 3.8) is 0 Å². The van der Waals surface area contributed by atoms with Crippen LogP contribution in [0.25, 0.3) is 0 Å². The Morgan fingerprint density at radius 2 is 2.33 bits per heavy atom. The molecule has 0 fully saturated rings. The summed E-state index contributed by atoms with van der Waals surface area (Å²) in [6.07, 6.45) is 1.22. The molecule has 0 spiro atoms. The number of halogens is 2. The van der Waals surface area contributed by atoms with Crippen molar-refractivity contribution < 1.29 is 4.39 Å². The minimum Gasteiger partial charge on any atom is -0.381 e. The van der Waals surface area contributed by atoms with E-state index in [0.29, 0.717) is 12.1 Å². The number of rotatable bonds is 4. The molecule has 15 heavy (non-hydrogen) atoms. The number of benzene rings is 1. The van der Waals surface area contributed by atoms with Gasteiger partial charge in [-0.1, -0.05) is 18.5 Å². The van der Waals surface area contributed by atoms with Gasteiger partial charge in [0.2, 0.25) is 0 Å². The molecule has 0 aliphatic heterocycles. The molecule has 1 atom stereocenters. The molecule has 0 amide bonds. The molecule has 1 N–H and O–H groups in total. The fourth-order valence-electron chi connectivity index (χ4n) is 1.23. The Kier molecular flexibility index (Phi) is 4.38. The molecular weight excluding hydrogens is 215 g/mol. The summed E-state index contributed by atoms with van der Waals surface area (Å²) in [5.74, 6) is -0.450. The Balaban J connectivity index is 2.71. The highest BCUT2D eigenvalue weighted by atomic mass is 35.5. The highest BCUT2D eigenvalue weighted by Crippen LogP contribution is 2.20. The molecule has 0 bridgehead atoms. The first-order chi connectivity index (χ1) is 7.17. The van der Waals surface area contributed by atoms with Crippen LogP contribution >= 0.6 is 11.6 Å². The Morgan fingerprint density at radius 3 is 2.87 bits per heavy atom. The third-order valence-corrected chi connectivity index (χ3v) is 2.43. The van der Waals surface area contributed by atoms with E-state index in [1.807, 2.05) is 6.92 Å². The molecule has 0 saturated carbocycles. The van der Waals surface area contributed by atoms with Crippen molar-refractivity contribution in [1.29, 1.82) is 5.26 Å². The summed E-state index contributed by atoms with van der Waals surface area (Å²) in [6, 6.07) is 6.67. The zero-order valence-electron chi connectivity index (χ0n) is 8.43. The number of nitrogens with one attached hydrogen (secondary N) is 1. The van der Waals surface area contributed by atoms with Crippen molar-refractivity contribution in [1.82, 2.24) is 0 Å². The zero-order valence-corrected chi connectivity index (χ0v) is 9.18. The van der Waals surface area contributed by atoms with Gasteiger partial charge in [-0.3, -0.25) is 0 Å². The summed E-state index contributed by atoms with van der Waals surface area (Å²) < 4.78 is 13.1. The van der Waals surface area contributed by atoms with E-state index in [1.54, 1.807) is 6.07 Å². The number of anilines is 1. The molecule has 0 radical (unpaired) electrons. The molecule has 1 rings (SSSR count). The molecule has 0 saturated heterocycles. The first kappa shape index (κ1) is 11.8. The van der Waals surface area contributed by atoms with Crippen LogP contribution in [0, 0.1) is 17.1 Å². The molecule has 0 aliphatic carbocycles. The van der Waals surface area contributed by atoms with Gasteiger partial charge in [-0.2, -0.15) is 5.26 Å². The van der Waals surface area contributed by atoms with Crippen LogP contribution in [0.1, 0.15) is 19.8 Å². The Labute approximate surface area is 93.7 Å². The van der Waals surface area contributed by atoms with Gasteiger partial charge in [-0.15, -0.1) is 0 Å². The second-order valence-electron chi connectivity index (χ2n) is 3.24. The van der Waals surface area contributed by atoms with Crippen molar-refractivity contribution in [3.05, 3.63) is 29.0 Å². The van der Waals surface area contributed by atoms with E-state index in [9.17, 15) is 4.39 Å². The van der Waals surface area contributed by atoms with Crippen LogP contribution in [0.4, 0.5) is 10.1 Å². The summed E-state index contributed by atoms with van der Waals surface area (Å²) in [5.41, 5.74) is 0.652. The van der Waals surface area contributed by atoms with Crippen LogP contribution in [0.15, 0.2) is 18.2 Å². The van der Waals surface area contributed by atoms with Crippen molar-refractivity contribution in [3.8, 4) is 6.07 Å². The van der Waals surface area contributed by atoms with Crippen LogP contribution in [0.5, 0.6) is 0 Å². The molecule has 0 aliphatic rings. The lowest BCUT2D eigenvalue weighted by atomic mass is 10.1. The van der Waals surface area contributed by atoms with Crippen molar-refractivity contribution in [2.75, 3.05) is 5.32 Å². The maximum atomic E-state index is 13.1. The lowest BCUT2D eigenvalue weighted by molar-refractivity contribution is 0.627. The second kappa shape index (κ2) is 5.57. The molecule has 1 aromatic rings. The van der Waals surface area contributed by atoms with Crippen molar-refractivity contribution in [2.45, 2.75) is 25.8 Å². The summed E-state index contributed by atoms with van der Waals surface area (Å²) in [5, 5.41) is 11.7. The Bertz CT molecular complexity index is 373. The zero-order chi connectivity index (χ0) is 11.3. The number of nitriles is 1. The van der Waals surface area contributed by atoms with Crippen LogP contribution < -0.4 is 5.32 Å². The van der Waals surface area contributed by atoms with E-state index in [0.717, 1.165) is 6.42 Å². The maximum Gasteiger partial charge on any atom is 0.143 e. The molecular formula is C11H12ClFN2. The monoisotopic (exact) mass is 226 g/mol. The van der Waals surface area contributed by atoms with E-state index in [4.69, 9.17) is 16.9 Å². The van der Waals surface area contributed by atoms with Crippen molar-refractivity contribution in [2.24, 2.45) is 0 Å². The fourth-order valence-corrected chi connectivity index (χ4v) is 1.35. The van der Waals surface area contributed by atoms with Crippen molar-refractivity contribution >= 4 is 17.3 Å². The second-order valence-corrected chi connectivity index (χ2v) is 3.65. The highest BCUT2D eigenvalue weighted by molar-refractivity contribution is 6.30. The first-order valence-corrected chi connectivity index (χ1v) is 5.13. The van der Waals surface area contributed by atoms with Gasteiger partial charge in [0.15, 0.2) is 0 Å². The number of hydrogen-bond donors (Lipinski definition) is 1. The predicted molar refractivity (Wildman–Crippen MR) is 59.3 cm³/mol. The van der Waals surface area contributed by atoms with Gasteiger partial charge in [-0.05, 0) is 24.6 Å². The topological polar surface area (TPSA) is 35.8 Å². The van der Waals surface area contributed by atoms with Gasteiger partial charge in [-0.25, -0.2) is 4.39 Å². The molecule has 1 aromatic carbocycles. The normalized spacial score (nSPS) is 11.9. The largest absolute Gasteiger partial charge is 0.381 e. The lowest BCUT2D eigenvalue weighted by Crippen LogP contribution is -2.17. The van der Waals surface area contributed by atoms with Gasteiger partial charge >= 0.3 is 0 Å². The molecule has 0 aromatic heterocycles. The van der Waals surface area contributed by atoms with Crippen LogP contribution in [0.2, 0.25) is 5.02 Å². The van der Waals surface area contributed by atoms with E-state index in [-0.39, 0.29) is 11.1 Å². The van der Waals surface area contributed by atoms with Gasteiger partial charge in [0.1, 0.15) is 5.82 Å². The number of hydrogen-bond acceptors (Lipinski definition) is 2. The standard InChI is InChI=1S/C11H12ClFN2/c1-2-8(5-6-14)15-9-3-4-10(12)11(13)7-9/h3-4,7-8,15H,2,5H2,1H3. The molecule has 4 heteroatoms. The van der Waals surface area contributed by atoms with E-state index in [2.05, 4.69) is 11.4 Å². The smallest absolute Gasteiger partial charge is 0.143 e. The lowest BCUT2D eigenvalue weighted by Gasteiger charge is -2.15. The van der Waals surface area contributed by atoms with E-state index < -0.39 is 5.82 Å². The third-order valence-electron chi connectivity index (χ3n) is 2.12. The maximum absolute atomic E-state index is 13.1. The van der Waals surface area contributed by atoms with Gasteiger partial charge in [0, 0.05) is 11.7 Å². The molecule has 80 valence electrons. The summed E-state index contributed by atoms with van der Waals surface area (Å²) >= 11 is 5.56. The SMILES string of the molecule is CCC(CC#N)Nc1ccc(Cl)c(F)c1. The Morgan fingerprint density at radius 1 is 1.60 bits per heavy atom. The average molecular weight is 227 g/mol. The van der Waals surface area contributed by atoms with Gasteiger partial charge < -0.3 is 5.32 Å². The summed E-state index contributed by atoms with van der Waals surface area (Å²) in [4.78, 5) is 0. The summed E-state index contributed by atoms with van der Waals surface area (Å²) in [7, 11) is 0.